The first-order chi connectivity index (χ1) is 12.6. The summed E-state index contributed by atoms with van der Waals surface area (Å²) < 4.78 is 27.4. The second kappa shape index (κ2) is 9.35. The molecular formula is C23H31ClF2. The second-order valence-corrected chi connectivity index (χ2v) is 8.75. The van der Waals surface area contributed by atoms with Crippen molar-refractivity contribution in [2.75, 3.05) is 0 Å². The summed E-state index contributed by atoms with van der Waals surface area (Å²) in [5.74, 6) is 2.37. The van der Waals surface area contributed by atoms with Crippen molar-refractivity contribution in [1.82, 2.24) is 0 Å². The van der Waals surface area contributed by atoms with Crippen LogP contribution in [0.1, 0.15) is 68.9 Å². The maximum Gasteiger partial charge on any atom is 0.129 e. The molecule has 1 aromatic rings. The first kappa shape index (κ1) is 19.9. The molecule has 2 saturated carbocycles. The summed E-state index contributed by atoms with van der Waals surface area (Å²) >= 11 is 5.71. The molecule has 0 nitrogen and oxygen atoms in total. The van der Waals surface area contributed by atoms with Gasteiger partial charge in [0.1, 0.15) is 11.6 Å². The van der Waals surface area contributed by atoms with E-state index < -0.39 is 11.6 Å². The molecule has 2 aliphatic carbocycles. The van der Waals surface area contributed by atoms with E-state index in [1.54, 1.807) is 5.54 Å². The number of benzene rings is 1. The number of hydrogen-bond donors (Lipinski definition) is 0. The summed E-state index contributed by atoms with van der Waals surface area (Å²) in [5, 5.41) is 0. The minimum atomic E-state index is -0.414. The lowest BCUT2D eigenvalue weighted by molar-refractivity contribution is 0.153. The van der Waals surface area contributed by atoms with Gasteiger partial charge < -0.3 is 0 Å². The number of halogens is 3. The van der Waals surface area contributed by atoms with E-state index in [1.165, 1.54) is 70.4 Å². The van der Waals surface area contributed by atoms with Gasteiger partial charge in [0.05, 0.1) is 0 Å². The van der Waals surface area contributed by atoms with Crippen LogP contribution < -0.4 is 0 Å². The molecule has 3 heteroatoms. The molecule has 0 N–H and O–H groups in total. The van der Waals surface area contributed by atoms with Crippen LogP contribution >= 0.6 is 11.6 Å². The van der Waals surface area contributed by atoms with Crippen molar-refractivity contribution in [3.63, 3.8) is 0 Å². The zero-order valence-corrected chi connectivity index (χ0v) is 16.6. The SMILES string of the molecule is Cc1c(F)cc(CCC2CCC(C3CCC(/C=C/Cl)CC3)CC2)cc1F. The van der Waals surface area contributed by atoms with Gasteiger partial charge in [0.25, 0.3) is 0 Å². The van der Waals surface area contributed by atoms with Gasteiger partial charge in [-0.2, -0.15) is 0 Å². The topological polar surface area (TPSA) is 0 Å². The fourth-order valence-electron chi connectivity index (χ4n) is 5.07. The third-order valence-corrected chi connectivity index (χ3v) is 7.05. The molecule has 0 radical (unpaired) electrons. The van der Waals surface area contributed by atoms with Crippen LogP contribution in [0.3, 0.4) is 0 Å². The maximum absolute atomic E-state index is 13.7. The van der Waals surface area contributed by atoms with Crippen molar-refractivity contribution in [2.45, 2.75) is 71.1 Å². The number of allylic oxidation sites excluding steroid dienone is 1. The molecule has 0 aromatic heterocycles. The highest BCUT2D eigenvalue weighted by molar-refractivity contribution is 6.25. The zero-order chi connectivity index (χ0) is 18.5. The monoisotopic (exact) mass is 380 g/mol. The highest BCUT2D eigenvalue weighted by Crippen LogP contribution is 2.42. The molecule has 0 heterocycles. The standard InChI is InChI=1S/C23H31ClF2/c1-16-22(25)14-19(15-23(16)26)3-2-17-4-8-20(9-5-17)21-10-6-18(7-11-21)12-13-24/h12-15,17-18,20-21H,2-11H2,1H3/b13-12+. The molecular weight excluding hydrogens is 350 g/mol. The van der Waals surface area contributed by atoms with Crippen molar-refractivity contribution in [1.29, 1.82) is 0 Å². The molecule has 144 valence electrons. The van der Waals surface area contributed by atoms with E-state index in [0.29, 0.717) is 11.8 Å². The highest BCUT2D eigenvalue weighted by atomic mass is 35.5. The van der Waals surface area contributed by atoms with Crippen molar-refractivity contribution in [3.05, 3.63) is 46.5 Å². The average molecular weight is 381 g/mol. The van der Waals surface area contributed by atoms with Crippen LogP contribution in [0, 0.1) is 42.2 Å². The molecule has 0 bridgehead atoms. The Kier molecular flexibility index (Phi) is 7.14. The Bertz CT molecular complexity index is 586. The molecule has 0 amide bonds. The van der Waals surface area contributed by atoms with Gasteiger partial charge in [-0.05, 0) is 99.7 Å². The van der Waals surface area contributed by atoms with Crippen LogP contribution in [0.4, 0.5) is 8.78 Å². The van der Waals surface area contributed by atoms with Crippen LogP contribution in [0.5, 0.6) is 0 Å². The Morgan fingerprint density at radius 1 is 0.923 bits per heavy atom. The zero-order valence-electron chi connectivity index (χ0n) is 15.8. The first-order valence-corrected chi connectivity index (χ1v) is 10.7. The molecule has 2 aliphatic rings. The van der Waals surface area contributed by atoms with Gasteiger partial charge in [-0.3, -0.25) is 0 Å². The Morgan fingerprint density at radius 3 is 2.00 bits per heavy atom. The fourth-order valence-corrected chi connectivity index (χ4v) is 5.28. The molecule has 3 rings (SSSR count). The lowest BCUT2D eigenvalue weighted by Gasteiger charge is -2.37. The van der Waals surface area contributed by atoms with Crippen LogP contribution in [0.25, 0.3) is 0 Å². The number of aryl methyl sites for hydroxylation is 1. The average Bonchev–Trinajstić information content (AvgIpc) is 2.66. The number of hydrogen-bond acceptors (Lipinski definition) is 0. The molecule has 1 aromatic carbocycles. The summed E-state index contributed by atoms with van der Waals surface area (Å²) in [6, 6.07) is 3.02. The first-order valence-electron chi connectivity index (χ1n) is 10.3. The predicted molar refractivity (Wildman–Crippen MR) is 105 cm³/mol. The third kappa shape index (κ3) is 5.09. The Labute approximate surface area is 162 Å². The molecule has 0 spiro atoms. The maximum atomic E-state index is 13.7. The minimum absolute atomic E-state index is 0.130. The molecule has 26 heavy (non-hydrogen) atoms. The van der Waals surface area contributed by atoms with E-state index in [4.69, 9.17) is 11.6 Å². The lowest BCUT2D eigenvalue weighted by Crippen LogP contribution is -2.25. The Morgan fingerprint density at radius 2 is 1.46 bits per heavy atom. The fraction of sp³-hybridized carbons (Fsp3) is 0.652. The quantitative estimate of drug-likeness (QED) is 0.494. The van der Waals surface area contributed by atoms with E-state index in [-0.39, 0.29) is 5.56 Å². The van der Waals surface area contributed by atoms with E-state index in [0.717, 1.165) is 30.2 Å². The summed E-state index contributed by atoms with van der Waals surface area (Å²) in [7, 11) is 0. The van der Waals surface area contributed by atoms with Crippen molar-refractivity contribution in [2.24, 2.45) is 23.7 Å². The summed E-state index contributed by atoms with van der Waals surface area (Å²) in [6.45, 7) is 1.50. The predicted octanol–water partition coefficient (Wildman–Crippen LogP) is 7.57. The van der Waals surface area contributed by atoms with Crippen molar-refractivity contribution < 1.29 is 8.78 Å². The highest BCUT2D eigenvalue weighted by Gasteiger charge is 2.30. The second-order valence-electron chi connectivity index (χ2n) is 8.50. The summed E-state index contributed by atoms with van der Waals surface area (Å²) in [5.41, 5.74) is 2.62. The van der Waals surface area contributed by atoms with E-state index in [9.17, 15) is 8.78 Å². The van der Waals surface area contributed by atoms with E-state index in [1.807, 2.05) is 0 Å². The third-order valence-electron chi connectivity index (χ3n) is 6.90. The Hall–Kier alpha value is -0.890. The van der Waals surface area contributed by atoms with Crippen LogP contribution in [0.2, 0.25) is 0 Å². The molecule has 0 aliphatic heterocycles. The van der Waals surface area contributed by atoms with Gasteiger partial charge in [0, 0.05) is 11.1 Å². The van der Waals surface area contributed by atoms with Crippen molar-refractivity contribution >= 4 is 11.6 Å². The smallest absolute Gasteiger partial charge is 0.129 e. The van der Waals surface area contributed by atoms with Gasteiger partial charge in [-0.25, -0.2) is 8.78 Å². The summed E-state index contributed by atoms with van der Waals surface area (Å²) in [4.78, 5) is 0. The van der Waals surface area contributed by atoms with E-state index in [2.05, 4.69) is 6.08 Å². The van der Waals surface area contributed by atoms with E-state index >= 15 is 0 Å². The van der Waals surface area contributed by atoms with Gasteiger partial charge in [-0.1, -0.05) is 30.5 Å². The molecule has 0 unspecified atom stereocenters. The molecule has 0 atom stereocenters. The van der Waals surface area contributed by atoms with Crippen LogP contribution in [-0.2, 0) is 6.42 Å². The lowest BCUT2D eigenvalue weighted by atomic mass is 9.68. The molecule has 0 saturated heterocycles. The van der Waals surface area contributed by atoms with Gasteiger partial charge in [0.2, 0.25) is 0 Å². The normalized spacial score (nSPS) is 30.0. The van der Waals surface area contributed by atoms with Gasteiger partial charge in [0.15, 0.2) is 0 Å². The van der Waals surface area contributed by atoms with Crippen LogP contribution in [0.15, 0.2) is 23.7 Å². The number of rotatable bonds is 5. The Balaban J connectivity index is 1.42. The minimum Gasteiger partial charge on any atom is -0.207 e. The summed E-state index contributed by atoms with van der Waals surface area (Å²) in [6.07, 6.45) is 14.5. The van der Waals surface area contributed by atoms with Crippen LogP contribution in [-0.4, -0.2) is 0 Å². The largest absolute Gasteiger partial charge is 0.207 e. The molecule has 2 fully saturated rings. The van der Waals surface area contributed by atoms with Gasteiger partial charge in [-0.15, -0.1) is 0 Å². The van der Waals surface area contributed by atoms with Gasteiger partial charge >= 0.3 is 0 Å². The van der Waals surface area contributed by atoms with Crippen molar-refractivity contribution in [3.8, 4) is 0 Å².